The van der Waals surface area contributed by atoms with Gasteiger partial charge in [-0.1, -0.05) is 19.8 Å². The van der Waals surface area contributed by atoms with E-state index in [0.717, 1.165) is 38.2 Å². The fourth-order valence-corrected chi connectivity index (χ4v) is 3.77. The van der Waals surface area contributed by atoms with Crippen LogP contribution in [0.15, 0.2) is 22.1 Å². The summed E-state index contributed by atoms with van der Waals surface area (Å²) in [4.78, 5) is 14.7. The molecule has 5 nitrogen and oxygen atoms in total. The van der Waals surface area contributed by atoms with Crippen molar-refractivity contribution in [2.24, 2.45) is 5.92 Å². The lowest BCUT2D eigenvalue weighted by atomic mass is 9.86. The van der Waals surface area contributed by atoms with Crippen molar-refractivity contribution in [2.45, 2.75) is 57.9 Å². The summed E-state index contributed by atoms with van der Waals surface area (Å²) in [5.41, 5.74) is 0.109. The van der Waals surface area contributed by atoms with Gasteiger partial charge >= 0.3 is 0 Å². The lowest BCUT2D eigenvalue weighted by Gasteiger charge is -2.29. The zero-order valence-electron chi connectivity index (χ0n) is 15.0. The van der Waals surface area contributed by atoms with Crippen LogP contribution in [0.25, 0.3) is 6.08 Å². The molecule has 0 spiro atoms. The molecule has 3 rings (SSSR count). The highest BCUT2D eigenvalue weighted by Crippen LogP contribution is 2.25. The highest BCUT2D eigenvalue weighted by molar-refractivity contribution is 6.01. The molecule has 0 aromatic carbocycles. The Labute approximate surface area is 149 Å². The number of nitrogens with zero attached hydrogens (tertiary/aromatic N) is 2. The molecule has 1 saturated carbocycles. The predicted octanol–water partition coefficient (Wildman–Crippen LogP) is 3.87. The lowest BCUT2D eigenvalue weighted by molar-refractivity contribution is -0.118. The Balaban J connectivity index is 1.66. The third-order valence-corrected chi connectivity index (χ3v) is 5.36. The maximum absolute atomic E-state index is 12.4. The first-order chi connectivity index (χ1) is 12.2. The van der Waals surface area contributed by atoms with Gasteiger partial charge in [0.15, 0.2) is 5.88 Å². The van der Waals surface area contributed by atoms with E-state index in [1.165, 1.54) is 25.7 Å². The van der Waals surface area contributed by atoms with Gasteiger partial charge in [0.25, 0.3) is 5.91 Å². The van der Waals surface area contributed by atoms with Crippen LogP contribution >= 0.6 is 0 Å². The van der Waals surface area contributed by atoms with E-state index < -0.39 is 0 Å². The molecule has 2 heterocycles. The summed E-state index contributed by atoms with van der Waals surface area (Å²) in [6.45, 7) is 4.17. The average molecular weight is 341 g/mol. The van der Waals surface area contributed by atoms with E-state index in [1.807, 2.05) is 18.2 Å². The Hall–Kier alpha value is -2.22. The number of anilines is 1. The van der Waals surface area contributed by atoms with E-state index >= 15 is 0 Å². The summed E-state index contributed by atoms with van der Waals surface area (Å²) in [5.74, 6) is 1.55. The smallest absolute Gasteiger partial charge is 0.262 e. The maximum atomic E-state index is 12.4. The van der Waals surface area contributed by atoms with E-state index in [4.69, 9.17) is 4.42 Å². The normalized spacial score (nSPS) is 24.6. The summed E-state index contributed by atoms with van der Waals surface area (Å²) in [5, 5.41) is 12.4. The fourth-order valence-electron chi connectivity index (χ4n) is 3.77. The molecule has 5 heteroatoms. The van der Waals surface area contributed by atoms with Gasteiger partial charge in [-0.25, -0.2) is 0 Å². The molecule has 2 aliphatic rings. The minimum absolute atomic E-state index is 0.109. The van der Waals surface area contributed by atoms with Gasteiger partial charge in [-0.3, -0.25) is 4.79 Å². The van der Waals surface area contributed by atoms with Gasteiger partial charge in [-0.15, -0.1) is 0 Å². The second-order valence-electron chi connectivity index (χ2n) is 7.24. The van der Waals surface area contributed by atoms with Crippen molar-refractivity contribution in [3.63, 3.8) is 0 Å². The molecule has 1 aliphatic carbocycles. The Morgan fingerprint density at radius 3 is 2.72 bits per heavy atom. The molecule has 1 saturated heterocycles. The van der Waals surface area contributed by atoms with Crippen molar-refractivity contribution in [3.8, 4) is 6.07 Å². The van der Waals surface area contributed by atoms with Crippen LogP contribution in [-0.4, -0.2) is 25.0 Å². The zero-order chi connectivity index (χ0) is 17.6. The second kappa shape index (κ2) is 8.24. The van der Waals surface area contributed by atoms with Crippen LogP contribution in [-0.2, 0) is 4.79 Å². The van der Waals surface area contributed by atoms with E-state index in [0.29, 0.717) is 11.7 Å². The number of furan rings is 1. The van der Waals surface area contributed by atoms with Crippen LogP contribution in [0.2, 0.25) is 0 Å². The summed E-state index contributed by atoms with van der Waals surface area (Å²) in [6, 6.07) is 5.94. The third-order valence-electron chi connectivity index (χ3n) is 5.36. The maximum Gasteiger partial charge on any atom is 0.262 e. The molecule has 2 atom stereocenters. The molecule has 25 heavy (non-hydrogen) atoms. The first-order valence-electron chi connectivity index (χ1n) is 9.45. The average Bonchev–Trinajstić information content (AvgIpc) is 3.11. The number of nitriles is 1. The molecule has 0 bridgehead atoms. The van der Waals surface area contributed by atoms with Gasteiger partial charge < -0.3 is 14.6 Å². The van der Waals surface area contributed by atoms with Gasteiger partial charge in [0.2, 0.25) is 0 Å². The van der Waals surface area contributed by atoms with Crippen molar-refractivity contribution >= 4 is 17.9 Å². The van der Waals surface area contributed by atoms with Gasteiger partial charge in [-0.05, 0) is 44.1 Å². The van der Waals surface area contributed by atoms with Gasteiger partial charge in [-0.2, -0.15) is 5.26 Å². The number of piperidine rings is 1. The van der Waals surface area contributed by atoms with E-state index in [2.05, 4.69) is 17.1 Å². The van der Waals surface area contributed by atoms with Crippen LogP contribution < -0.4 is 10.2 Å². The standard InChI is InChI=1S/C20H27N3O2/c1-15-7-3-4-8-18(15)22-20(24)16(14-21)13-17-9-10-19(25-17)23-11-5-2-6-12-23/h9-10,13,15,18H,2-8,11-12H2,1H3,(H,22,24)/b16-13+/t15-,18-/m0/s1. The quantitative estimate of drug-likeness (QED) is 0.667. The number of carbonyl (C=O) groups excluding carboxylic acids is 1. The van der Waals surface area contributed by atoms with Crippen molar-refractivity contribution in [1.82, 2.24) is 5.32 Å². The number of nitrogens with one attached hydrogen (secondary N) is 1. The highest BCUT2D eigenvalue weighted by atomic mass is 16.4. The monoisotopic (exact) mass is 341 g/mol. The van der Waals surface area contributed by atoms with Crippen LogP contribution in [0, 0.1) is 17.2 Å². The molecule has 1 N–H and O–H groups in total. The number of carbonyl (C=O) groups is 1. The van der Waals surface area contributed by atoms with Crippen LogP contribution in [0.1, 0.15) is 57.6 Å². The van der Waals surface area contributed by atoms with Crippen molar-refractivity contribution in [1.29, 1.82) is 5.26 Å². The van der Waals surface area contributed by atoms with Crippen LogP contribution in [0.3, 0.4) is 0 Å². The number of hydrogen-bond donors (Lipinski definition) is 1. The SMILES string of the molecule is C[C@H]1CCCC[C@@H]1NC(=O)/C(C#N)=C/c1ccc(N2CCCCC2)o1. The highest BCUT2D eigenvalue weighted by Gasteiger charge is 2.24. The Morgan fingerprint density at radius 2 is 2.00 bits per heavy atom. The summed E-state index contributed by atoms with van der Waals surface area (Å²) >= 11 is 0. The number of hydrogen-bond acceptors (Lipinski definition) is 4. The first-order valence-corrected chi connectivity index (χ1v) is 9.45. The molecule has 1 amide bonds. The first kappa shape index (κ1) is 17.6. The number of amides is 1. The molecule has 0 radical (unpaired) electrons. The van der Waals surface area contributed by atoms with E-state index in [9.17, 15) is 10.1 Å². The minimum atomic E-state index is -0.294. The lowest BCUT2D eigenvalue weighted by Crippen LogP contribution is -2.41. The summed E-state index contributed by atoms with van der Waals surface area (Å²) in [6.07, 6.45) is 9.66. The molecule has 2 fully saturated rings. The fraction of sp³-hybridized carbons (Fsp3) is 0.600. The molecular weight excluding hydrogens is 314 g/mol. The van der Waals surface area contributed by atoms with Crippen LogP contribution in [0.5, 0.6) is 0 Å². The third kappa shape index (κ3) is 4.45. The number of rotatable bonds is 4. The van der Waals surface area contributed by atoms with Gasteiger partial charge in [0.1, 0.15) is 17.4 Å². The minimum Gasteiger partial charge on any atom is -0.441 e. The Bertz CT molecular complexity index is 665. The molecule has 134 valence electrons. The molecule has 1 aromatic rings. The summed E-state index contributed by atoms with van der Waals surface area (Å²) < 4.78 is 5.84. The van der Waals surface area contributed by atoms with Crippen molar-refractivity contribution < 1.29 is 9.21 Å². The topological polar surface area (TPSA) is 69.3 Å². The van der Waals surface area contributed by atoms with Crippen molar-refractivity contribution in [3.05, 3.63) is 23.5 Å². The molecule has 1 aliphatic heterocycles. The second-order valence-corrected chi connectivity index (χ2v) is 7.24. The summed E-state index contributed by atoms with van der Waals surface area (Å²) in [7, 11) is 0. The largest absolute Gasteiger partial charge is 0.441 e. The Morgan fingerprint density at radius 1 is 1.24 bits per heavy atom. The zero-order valence-corrected chi connectivity index (χ0v) is 15.0. The predicted molar refractivity (Wildman–Crippen MR) is 97.9 cm³/mol. The Kier molecular flexibility index (Phi) is 5.80. The van der Waals surface area contributed by atoms with E-state index in [1.54, 1.807) is 6.08 Å². The van der Waals surface area contributed by atoms with Crippen molar-refractivity contribution in [2.75, 3.05) is 18.0 Å². The van der Waals surface area contributed by atoms with Gasteiger partial charge in [0.05, 0.1) is 0 Å². The van der Waals surface area contributed by atoms with E-state index in [-0.39, 0.29) is 17.5 Å². The molecular formula is C20H27N3O2. The van der Waals surface area contributed by atoms with Crippen LogP contribution in [0.4, 0.5) is 5.88 Å². The van der Waals surface area contributed by atoms with Gasteiger partial charge in [0, 0.05) is 31.3 Å². The molecule has 0 unspecified atom stereocenters. The molecule has 1 aromatic heterocycles.